The summed E-state index contributed by atoms with van der Waals surface area (Å²) in [5, 5.41) is 14.3. The van der Waals surface area contributed by atoms with Crippen molar-refractivity contribution in [2.45, 2.75) is 20.0 Å². The number of thiazole rings is 1. The Labute approximate surface area is 142 Å². The number of aromatic nitrogens is 1. The van der Waals surface area contributed by atoms with Crippen LogP contribution in [0.3, 0.4) is 0 Å². The molecule has 1 saturated heterocycles. The molecule has 0 saturated carbocycles. The maximum atomic E-state index is 10.9. The van der Waals surface area contributed by atoms with Crippen molar-refractivity contribution in [1.82, 2.24) is 4.98 Å². The van der Waals surface area contributed by atoms with Crippen LogP contribution in [0.15, 0.2) is 17.5 Å². The largest absolute Gasteiger partial charge is 0.367 e. The number of benzene rings is 1. The fourth-order valence-corrected chi connectivity index (χ4v) is 3.96. The average Bonchev–Trinajstić information content (AvgIpc) is 2.93. The predicted molar refractivity (Wildman–Crippen MR) is 90.6 cm³/mol. The van der Waals surface area contributed by atoms with E-state index in [0.29, 0.717) is 24.7 Å². The van der Waals surface area contributed by atoms with Crippen molar-refractivity contribution in [2.24, 2.45) is 0 Å². The van der Waals surface area contributed by atoms with Crippen LogP contribution in [0.5, 0.6) is 0 Å². The number of nitrogens with zero attached hydrogens (tertiary/aromatic N) is 3. The predicted octanol–water partition coefficient (Wildman–Crippen LogP) is 3.90. The second-order valence-electron chi connectivity index (χ2n) is 5.48. The van der Waals surface area contributed by atoms with Crippen molar-refractivity contribution in [3.63, 3.8) is 0 Å². The first kappa shape index (κ1) is 16.2. The van der Waals surface area contributed by atoms with Crippen LogP contribution in [-0.2, 0) is 4.74 Å². The van der Waals surface area contributed by atoms with E-state index in [-0.39, 0.29) is 11.8 Å². The fraction of sp³-hybridized carbons (Fsp3) is 0.400. The van der Waals surface area contributed by atoms with Crippen LogP contribution in [0.1, 0.15) is 22.4 Å². The standard InChI is InChI=1S/C15H16ClN3O3S/c1-9-5-11(19(20)21)6-12(16)14(9)18-3-4-22-13(7-18)15-17-10(2)8-23-15/h5-6,8,13H,3-4,7H2,1-2H3. The maximum Gasteiger partial charge on any atom is 0.271 e. The number of non-ortho nitro benzene ring substituents is 1. The van der Waals surface area contributed by atoms with Crippen LogP contribution >= 0.6 is 22.9 Å². The van der Waals surface area contributed by atoms with Crippen LogP contribution < -0.4 is 4.90 Å². The van der Waals surface area contributed by atoms with Crippen LogP contribution in [-0.4, -0.2) is 29.6 Å². The fourth-order valence-electron chi connectivity index (χ4n) is 2.75. The molecule has 0 spiro atoms. The van der Waals surface area contributed by atoms with Gasteiger partial charge in [-0.05, 0) is 19.4 Å². The van der Waals surface area contributed by atoms with E-state index >= 15 is 0 Å². The summed E-state index contributed by atoms with van der Waals surface area (Å²) in [7, 11) is 0. The van der Waals surface area contributed by atoms with Gasteiger partial charge in [0.2, 0.25) is 0 Å². The zero-order valence-electron chi connectivity index (χ0n) is 12.8. The van der Waals surface area contributed by atoms with E-state index in [1.165, 1.54) is 6.07 Å². The third-order valence-electron chi connectivity index (χ3n) is 3.74. The molecule has 2 heterocycles. The Kier molecular flexibility index (Phi) is 4.52. The van der Waals surface area contributed by atoms with Crippen molar-refractivity contribution in [2.75, 3.05) is 24.6 Å². The lowest BCUT2D eigenvalue weighted by Crippen LogP contribution is -2.39. The number of hydrogen-bond acceptors (Lipinski definition) is 6. The van der Waals surface area contributed by atoms with E-state index in [0.717, 1.165) is 22.0 Å². The third-order valence-corrected chi connectivity index (χ3v) is 5.09. The zero-order valence-corrected chi connectivity index (χ0v) is 14.4. The highest BCUT2D eigenvalue weighted by molar-refractivity contribution is 7.09. The Morgan fingerprint density at radius 2 is 2.26 bits per heavy atom. The smallest absolute Gasteiger partial charge is 0.271 e. The van der Waals surface area contributed by atoms with Crippen molar-refractivity contribution >= 4 is 34.3 Å². The summed E-state index contributed by atoms with van der Waals surface area (Å²) in [6.07, 6.45) is -0.104. The normalized spacial score (nSPS) is 18.2. The molecule has 1 aromatic carbocycles. The summed E-state index contributed by atoms with van der Waals surface area (Å²) < 4.78 is 5.83. The van der Waals surface area contributed by atoms with Crippen LogP contribution in [0, 0.1) is 24.0 Å². The lowest BCUT2D eigenvalue weighted by molar-refractivity contribution is -0.384. The monoisotopic (exact) mass is 353 g/mol. The number of hydrogen-bond donors (Lipinski definition) is 0. The Morgan fingerprint density at radius 1 is 1.48 bits per heavy atom. The molecule has 1 fully saturated rings. The highest BCUT2D eigenvalue weighted by Crippen LogP contribution is 2.36. The number of halogens is 1. The highest BCUT2D eigenvalue weighted by atomic mass is 35.5. The minimum atomic E-state index is -0.427. The molecule has 1 atom stereocenters. The van der Waals surface area contributed by atoms with E-state index in [2.05, 4.69) is 9.88 Å². The van der Waals surface area contributed by atoms with Gasteiger partial charge in [-0.3, -0.25) is 10.1 Å². The van der Waals surface area contributed by atoms with Gasteiger partial charge < -0.3 is 9.64 Å². The Morgan fingerprint density at radius 3 is 2.87 bits per heavy atom. The molecule has 0 aliphatic carbocycles. The molecule has 3 rings (SSSR count). The maximum absolute atomic E-state index is 10.9. The minimum absolute atomic E-state index is 0.0107. The lowest BCUT2D eigenvalue weighted by atomic mass is 10.1. The molecule has 0 N–H and O–H groups in total. The van der Waals surface area contributed by atoms with Gasteiger partial charge in [-0.25, -0.2) is 4.98 Å². The van der Waals surface area contributed by atoms with Crippen LogP contribution in [0.4, 0.5) is 11.4 Å². The van der Waals surface area contributed by atoms with Gasteiger partial charge in [0, 0.05) is 29.8 Å². The summed E-state index contributed by atoms with van der Waals surface area (Å²) in [4.78, 5) is 17.1. The number of morpholine rings is 1. The molecular formula is C15H16ClN3O3S. The molecule has 8 heteroatoms. The SMILES string of the molecule is Cc1csc(C2CN(c3c(C)cc([N+](=O)[O-])cc3Cl)CCO2)n1. The summed E-state index contributed by atoms with van der Waals surface area (Å²) in [5.74, 6) is 0. The van der Waals surface area contributed by atoms with Crippen molar-refractivity contribution in [1.29, 1.82) is 0 Å². The van der Waals surface area contributed by atoms with Gasteiger partial charge in [-0.15, -0.1) is 11.3 Å². The number of ether oxygens (including phenoxy) is 1. The highest BCUT2D eigenvalue weighted by Gasteiger charge is 2.27. The second-order valence-corrected chi connectivity index (χ2v) is 6.78. The topological polar surface area (TPSA) is 68.5 Å². The molecule has 1 aliphatic rings. The minimum Gasteiger partial charge on any atom is -0.367 e. The molecular weight excluding hydrogens is 338 g/mol. The number of nitro groups is 1. The van der Waals surface area contributed by atoms with E-state index < -0.39 is 4.92 Å². The molecule has 122 valence electrons. The summed E-state index contributed by atoms with van der Waals surface area (Å²) in [6, 6.07) is 2.96. The number of anilines is 1. The van der Waals surface area contributed by atoms with Gasteiger partial charge >= 0.3 is 0 Å². The molecule has 0 amide bonds. The molecule has 0 bridgehead atoms. The van der Waals surface area contributed by atoms with E-state index in [4.69, 9.17) is 16.3 Å². The van der Waals surface area contributed by atoms with Gasteiger partial charge in [0.25, 0.3) is 5.69 Å². The van der Waals surface area contributed by atoms with Gasteiger partial charge in [0.15, 0.2) is 0 Å². The van der Waals surface area contributed by atoms with Crippen LogP contribution in [0.2, 0.25) is 5.02 Å². The first-order chi connectivity index (χ1) is 11.0. The molecule has 1 aliphatic heterocycles. The van der Waals surface area contributed by atoms with Crippen molar-refractivity contribution < 1.29 is 9.66 Å². The third kappa shape index (κ3) is 3.31. The average molecular weight is 354 g/mol. The van der Waals surface area contributed by atoms with Crippen molar-refractivity contribution in [3.8, 4) is 0 Å². The summed E-state index contributed by atoms with van der Waals surface area (Å²) in [5.41, 5.74) is 2.62. The summed E-state index contributed by atoms with van der Waals surface area (Å²) in [6.45, 7) is 5.69. The Balaban J connectivity index is 1.88. The van der Waals surface area contributed by atoms with E-state index in [1.807, 2.05) is 19.2 Å². The van der Waals surface area contributed by atoms with Gasteiger partial charge in [-0.1, -0.05) is 11.6 Å². The van der Waals surface area contributed by atoms with E-state index in [1.54, 1.807) is 17.4 Å². The molecule has 1 aromatic heterocycles. The molecule has 0 radical (unpaired) electrons. The number of nitro benzene ring substituents is 1. The van der Waals surface area contributed by atoms with Gasteiger partial charge in [0.1, 0.15) is 11.1 Å². The van der Waals surface area contributed by atoms with Gasteiger partial charge in [0.05, 0.1) is 28.8 Å². The molecule has 23 heavy (non-hydrogen) atoms. The Bertz CT molecular complexity index is 726. The number of rotatable bonds is 3. The van der Waals surface area contributed by atoms with Crippen LogP contribution in [0.25, 0.3) is 0 Å². The van der Waals surface area contributed by atoms with Crippen molar-refractivity contribution in [3.05, 3.63) is 48.9 Å². The quantitative estimate of drug-likeness (QED) is 0.618. The summed E-state index contributed by atoms with van der Waals surface area (Å²) >= 11 is 7.89. The molecule has 6 nitrogen and oxygen atoms in total. The lowest BCUT2D eigenvalue weighted by Gasteiger charge is -2.35. The Hall–Kier alpha value is -1.70. The second kappa shape index (κ2) is 6.43. The zero-order chi connectivity index (χ0) is 16.6. The molecule has 2 aromatic rings. The van der Waals surface area contributed by atoms with E-state index in [9.17, 15) is 10.1 Å². The first-order valence-corrected chi connectivity index (χ1v) is 8.44. The number of aryl methyl sites for hydroxylation is 2. The molecule has 1 unspecified atom stereocenters. The first-order valence-electron chi connectivity index (χ1n) is 7.19. The van der Waals surface area contributed by atoms with Gasteiger partial charge in [-0.2, -0.15) is 0 Å².